The first-order valence-corrected chi connectivity index (χ1v) is 11.4. The van der Waals surface area contributed by atoms with Crippen LogP contribution in [0.4, 0.5) is 0 Å². The number of hydrogen-bond donors (Lipinski definition) is 0. The maximum atomic E-state index is 13.6. The average molecular weight is 436 g/mol. The highest BCUT2D eigenvalue weighted by molar-refractivity contribution is 6.38. The molecular weight excluding hydrogens is 420 g/mol. The maximum absolute atomic E-state index is 13.6. The van der Waals surface area contributed by atoms with E-state index in [-0.39, 0.29) is 10.9 Å². The molecule has 0 atom stereocenters. The molecule has 0 saturated carbocycles. The van der Waals surface area contributed by atoms with Crippen molar-refractivity contribution < 1.29 is 0 Å². The lowest BCUT2D eigenvalue weighted by atomic mass is 9.88. The Labute approximate surface area is 192 Å². The molecule has 0 aliphatic rings. The summed E-state index contributed by atoms with van der Waals surface area (Å²) in [5, 5.41) is 7.95. The van der Waals surface area contributed by atoms with Crippen LogP contribution in [0.3, 0.4) is 0 Å². The standard InChI is InChI=1S/C30H16N2O2/c1-13-11-19-21-23-24-22-20(30(34)18-10-6-3-7-15(18)27(22)31-25(13)23)12-14(2)26(24)32-28(21)16-8-4-5-9-17(16)29(19)33/h3-12H,1-2H3. The third kappa shape index (κ3) is 1.88. The first-order chi connectivity index (χ1) is 16.5. The fourth-order valence-electron chi connectivity index (χ4n) is 6.03. The van der Waals surface area contributed by atoms with Crippen LogP contribution in [0.5, 0.6) is 0 Å². The van der Waals surface area contributed by atoms with Gasteiger partial charge in [-0.05, 0) is 37.1 Å². The third-order valence-corrected chi connectivity index (χ3v) is 7.49. The van der Waals surface area contributed by atoms with E-state index < -0.39 is 0 Å². The number of aryl methyl sites for hydroxylation is 2. The van der Waals surface area contributed by atoms with Crippen molar-refractivity contribution in [2.45, 2.75) is 13.8 Å². The molecule has 0 radical (unpaired) electrons. The van der Waals surface area contributed by atoms with Crippen molar-refractivity contribution in [3.63, 3.8) is 0 Å². The van der Waals surface area contributed by atoms with Crippen molar-refractivity contribution >= 4 is 75.9 Å². The molecule has 4 nitrogen and oxygen atoms in total. The van der Waals surface area contributed by atoms with Gasteiger partial charge in [-0.25, -0.2) is 9.97 Å². The van der Waals surface area contributed by atoms with E-state index in [1.165, 1.54) is 0 Å². The number of rotatable bonds is 0. The van der Waals surface area contributed by atoms with Crippen LogP contribution in [-0.2, 0) is 0 Å². The van der Waals surface area contributed by atoms with Crippen LogP contribution in [0.1, 0.15) is 11.1 Å². The molecule has 0 fully saturated rings. The number of benzene rings is 6. The Kier molecular flexibility index (Phi) is 3.04. The Morgan fingerprint density at radius 1 is 0.471 bits per heavy atom. The van der Waals surface area contributed by atoms with Crippen LogP contribution in [0, 0.1) is 13.8 Å². The van der Waals surface area contributed by atoms with E-state index in [1.807, 2.05) is 74.5 Å². The van der Waals surface area contributed by atoms with Crippen molar-refractivity contribution in [3.8, 4) is 0 Å². The van der Waals surface area contributed by atoms with Gasteiger partial charge >= 0.3 is 0 Å². The van der Waals surface area contributed by atoms with Gasteiger partial charge < -0.3 is 0 Å². The minimum absolute atomic E-state index is 0.0108. The molecule has 0 N–H and O–H groups in total. The molecule has 4 heteroatoms. The molecule has 6 aromatic carbocycles. The number of hydrogen-bond acceptors (Lipinski definition) is 4. The highest BCUT2D eigenvalue weighted by atomic mass is 16.1. The van der Waals surface area contributed by atoms with Crippen molar-refractivity contribution in [1.29, 1.82) is 0 Å². The normalized spacial score (nSPS) is 12.6. The number of nitrogens with zero attached hydrogens (tertiary/aromatic N) is 2. The van der Waals surface area contributed by atoms with E-state index in [0.29, 0.717) is 21.5 Å². The summed E-state index contributed by atoms with van der Waals surface area (Å²) in [6, 6.07) is 19.3. The molecule has 34 heavy (non-hydrogen) atoms. The summed E-state index contributed by atoms with van der Waals surface area (Å²) in [4.78, 5) is 37.5. The van der Waals surface area contributed by atoms with E-state index in [9.17, 15) is 9.59 Å². The molecular formula is C30H16N2O2. The number of aromatic nitrogens is 2. The van der Waals surface area contributed by atoms with Gasteiger partial charge in [-0.3, -0.25) is 9.59 Å². The fraction of sp³-hybridized carbons (Fsp3) is 0.0667. The van der Waals surface area contributed by atoms with Crippen molar-refractivity contribution in [3.05, 3.63) is 92.2 Å². The molecule has 8 aromatic rings. The number of pyridine rings is 2. The summed E-state index contributed by atoms with van der Waals surface area (Å²) in [5.41, 5.74) is 5.28. The summed E-state index contributed by atoms with van der Waals surface area (Å²) in [7, 11) is 0. The van der Waals surface area contributed by atoms with Gasteiger partial charge in [-0.1, -0.05) is 48.5 Å². The summed E-state index contributed by atoms with van der Waals surface area (Å²) in [5.74, 6) is 0. The van der Waals surface area contributed by atoms with Gasteiger partial charge in [0.25, 0.3) is 0 Å². The van der Waals surface area contributed by atoms with E-state index in [2.05, 4.69) is 0 Å². The molecule has 0 amide bonds. The average Bonchev–Trinajstić information content (AvgIpc) is 2.86. The second-order valence-corrected chi connectivity index (χ2v) is 9.35. The second-order valence-electron chi connectivity index (χ2n) is 9.35. The van der Waals surface area contributed by atoms with Crippen LogP contribution >= 0.6 is 0 Å². The van der Waals surface area contributed by atoms with Gasteiger partial charge in [0.05, 0.1) is 22.1 Å². The predicted molar refractivity (Wildman–Crippen MR) is 140 cm³/mol. The van der Waals surface area contributed by atoms with Gasteiger partial charge in [0.2, 0.25) is 0 Å². The van der Waals surface area contributed by atoms with E-state index in [4.69, 9.17) is 9.97 Å². The maximum Gasteiger partial charge on any atom is 0.194 e. The van der Waals surface area contributed by atoms with E-state index in [0.717, 1.165) is 65.5 Å². The zero-order valence-corrected chi connectivity index (χ0v) is 18.5. The van der Waals surface area contributed by atoms with E-state index >= 15 is 0 Å². The Morgan fingerprint density at radius 3 is 1.26 bits per heavy atom. The molecule has 0 aliphatic heterocycles. The molecule has 8 rings (SSSR count). The molecule has 0 aliphatic carbocycles. The summed E-state index contributed by atoms with van der Waals surface area (Å²) >= 11 is 0. The molecule has 0 bridgehead atoms. The lowest BCUT2D eigenvalue weighted by Gasteiger charge is -2.19. The molecule has 2 aromatic heterocycles. The first-order valence-electron chi connectivity index (χ1n) is 11.4. The van der Waals surface area contributed by atoms with Gasteiger partial charge in [-0.15, -0.1) is 0 Å². The third-order valence-electron chi connectivity index (χ3n) is 7.49. The second kappa shape index (κ2) is 5.72. The van der Waals surface area contributed by atoms with Crippen molar-refractivity contribution in [1.82, 2.24) is 9.97 Å². The minimum Gasteiger partial charge on any atom is -0.289 e. The summed E-state index contributed by atoms with van der Waals surface area (Å²) in [6.45, 7) is 4.02. The van der Waals surface area contributed by atoms with Crippen molar-refractivity contribution in [2.75, 3.05) is 0 Å². The van der Waals surface area contributed by atoms with Crippen molar-refractivity contribution in [2.24, 2.45) is 0 Å². The zero-order valence-electron chi connectivity index (χ0n) is 18.5. The molecule has 0 spiro atoms. The van der Waals surface area contributed by atoms with Gasteiger partial charge in [-0.2, -0.15) is 0 Å². The van der Waals surface area contributed by atoms with Crippen LogP contribution in [0.15, 0.2) is 70.3 Å². The largest absolute Gasteiger partial charge is 0.289 e. The Morgan fingerprint density at radius 2 is 0.853 bits per heavy atom. The summed E-state index contributed by atoms with van der Waals surface area (Å²) < 4.78 is 0. The molecule has 0 unspecified atom stereocenters. The van der Waals surface area contributed by atoms with Crippen LogP contribution in [0.2, 0.25) is 0 Å². The van der Waals surface area contributed by atoms with Gasteiger partial charge in [0.15, 0.2) is 10.9 Å². The van der Waals surface area contributed by atoms with Crippen LogP contribution in [0.25, 0.3) is 75.9 Å². The molecule has 158 valence electrons. The van der Waals surface area contributed by atoms with Gasteiger partial charge in [0.1, 0.15) is 0 Å². The number of fused-ring (bicyclic) bond motifs is 4. The summed E-state index contributed by atoms with van der Waals surface area (Å²) in [6.07, 6.45) is 0. The lowest BCUT2D eigenvalue weighted by Crippen LogP contribution is -2.09. The van der Waals surface area contributed by atoms with Crippen LogP contribution in [-0.4, -0.2) is 9.97 Å². The quantitative estimate of drug-likeness (QED) is 0.210. The Balaban J connectivity index is 1.85. The molecule has 0 saturated heterocycles. The Hall–Kier alpha value is -4.44. The zero-order chi connectivity index (χ0) is 22.9. The SMILES string of the molecule is Cc1cc2c(=O)c3ccccc3c3nc4c(C)cc5c(=O)c6ccccc6c6nc1c(c23)c4c56. The monoisotopic (exact) mass is 436 g/mol. The van der Waals surface area contributed by atoms with E-state index in [1.54, 1.807) is 0 Å². The molecule has 2 heterocycles. The first kappa shape index (κ1) is 18.0. The fourth-order valence-corrected chi connectivity index (χ4v) is 6.03. The predicted octanol–water partition coefficient (Wildman–Crippen LogP) is 6.20. The lowest BCUT2D eigenvalue weighted by molar-refractivity contribution is 1.42. The van der Waals surface area contributed by atoms with Crippen LogP contribution < -0.4 is 10.9 Å². The topological polar surface area (TPSA) is 59.9 Å². The highest BCUT2D eigenvalue weighted by Crippen LogP contribution is 2.44. The Bertz CT molecular complexity index is 2120. The van der Waals surface area contributed by atoms with Gasteiger partial charge in [0, 0.05) is 53.9 Å². The minimum atomic E-state index is 0.0108. The smallest absolute Gasteiger partial charge is 0.194 e. The highest BCUT2D eigenvalue weighted by Gasteiger charge is 2.25.